The number of benzene rings is 3. The molecule has 0 amide bonds. The number of aldehydes is 1. The van der Waals surface area contributed by atoms with Crippen LogP contribution >= 0.6 is 0 Å². The quantitative estimate of drug-likeness (QED) is 0.0381. The fourth-order valence-electron chi connectivity index (χ4n) is 6.53. The summed E-state index contributed by atoms with van der Waals surface area (Å²) in [6.07, 6.45) is 14.2. The van der Waals surface area contributed by atoms with Crippen molar-refractivity contribution in [2.75, 3.05) is 58.8 Å². The summed E-state index contributed by atoms with van der Waals surface area (Å²) in [6.45, 7) is 13.7. The van der Waals surface area contributed by atoms with E-state index in [9.17, 15) is 36.6 Å². The first-order valence-electron chi connectivity index (χ1n) is 22.8. The molecule has 1 aliphatic heterocycles. The second kappa shape index (κ2) is 36.6. The van der Waals surface area contributed by atoms with Gasteiger partial charge in [-0.05, 0) is 106 Å². The van der Waals surface area contributed by atoms with Crippen LogP contribution in [0, 0.1) is 24.5 Å². The van der Waals surface area contributed by atoms with Crippen LogP contribution in [-0.2, 0) is 20.7 Å². The number of quaternary nitrogens is 1. The number of carbonyl (C=O) groups excluding carboxylic acids is 2. The van der Waals surface area contributed by atoms with Crippen LogP contribution < -0.4 is 15.1 Å². The van der Waals surface area contributed by atoms with Crippen LogP contribution in [0.2, 0.25) is 0 Å². The number of aliphatic hydroxyl groups is 1. The number of rotatable bonds is 23. The van der Waals surface area contributed by atoms with E-state index in [1.807, 2.05) is 20.9 Å². The number of aryl methyl sites for hydroxylation is 1. The van der Waals surface area contributed by atoms with Crippen molar-refractivity contribution in [3.63, 3.8) is 0 Å². The Labute approximate surface area is 370 Å². The van der Waals surface area contributed by atoms with Crippen molar-refractivity contribution in [1.29, 1.82) is 0 Å². The molecule has 2 unspecified atom stereocenters. The lowest BCUT2D eigenvalue weighted by Crippen LogP contribution is -3.09. The largest absolute Gasteiger partial charge is 0.490 e. The molecule has 0 saturated carbocycles. The van der Waals surface area contributed by atoms with Crippen LogP contribution in [0.3, 0.4) is 0 Å². The monoisotopic (exact) mass is 881 g/mol. The molecular weight excluding hydrogens is 802 g/mol. The molecule has 0 bridgehead atoms. The average Bonchev–Trinajstić information content (AvgIpc) is 3.25. The second-order valence-corrected chi connectivity index (χ2v) is 15.7. The summed E-state index contributed by atoms with van der Waals surface area (Å²) >= 11 is 0. The molecule has 0 aromatic heterocycles. The number of likely N-dealkylation sites (N-methyl/N-ethyl adjacent to an activating group) is 1. The molecule has 1 aliphatic rings. The molecule has 62 heavy (non-hydrogen) atoms. The molecule has 0 spiro atoms. The summed E-state index contributed by atoms with van der Waals surface area (Å²) in [5.74, 6) is -2.13. The number of nitrogens with zero attached hydrogens (tertiary/aromatic N) is 1. The van der Waals surface area contributed by atoms with E-state index in [1.54, 1.807) is 29.2 Å². The Morgan fingerprint density at radius 3 is 1.81 bits per heavy atom. The smallest absolute Gasteiger partial charge is 0.462 e. The topological polar surface area (TPSA) is 83.3 Å². The molecule has 12 heteroatoms. The normalized spacial score (nSPS) is 13.0. The number of methoxy groups -OCH3 is 1. The van der Waals surface area contributed by atoms with Gasteiger partial charge in [0, 0.05) is 31.6 Å². The van der Waals surface area contributed by atoms with Crippen molar-refractivity contribution in [3.05, 3.63) is 101 Å². The first-order chi connectivity index (χ1) is 29.7. The highest BCUT2D eigenvalue weighted by atomic mass is 19.4. The number of halogens is 5. The molecule has 3 N–H and O–H groups in total. The highest BCUT2D eigenvalue weighted by molar-refractivity contribution is 5.75. The fraction of sp³-hybridized carbons (Fsp3) is 0.600. The number of unbranched alkanes of at least 4 members (excludes halogenated alkanes) is 10. The lowest BCUT2D eigenvalue weighted by molar-refractivity contribution is -0.880. The van der Waals surface area contributed by atoms with Crippen LogP contribution in [-0.4, -0.2) is 77.5 Å². The van der Waals surface area contributed by atoms with Gasteiger partial charge in [0.15, 0.2) is 0 Å². The highest BCUT2D eigenvalue weighted by Crippen LogP contribution is 2.30. The minimum absolute atomic E-state index is 0.219. The predicted octanol–water partition coefficient (Wildman–Crippen LogP) is 10.8. The van der Waals surface area contributed by atoms with Gasteiger partial charge >= 0.3 is 12.1 Å². The summed E-state index contributed by atoms with van der Waals surface area (Å²) in [5, 5.41) is 13.2. The number of carbonyl (C=O) groups is 2. The molecular formula is C50H79F5N3O4+. The molecule has 3 aromatic carbocycles. The standard InChI is InChI=1S/C18H19F2NO.C17H35NO.C10H15N.C3H3F3O2.C2H6/c19-15-4-2-14(3-5-15)18(22)10-1-13-11-21(12-13)17-8-6-16(20)7-9-17;1-3-4-5-6-7-8-9-10-11-12-15-18(2)16-13-14-17-19;1-9-3-5-10(6-4-9)7-8-11-2;1-8-2(7)3(4,5)6;1-2/h2-9,13,18,22H,1,10-12H2;17H,3-16H2,1-2H3;3-6,11H,7-8H2,1-2H3;1H3;1-2H3/p+1. The lowest BCUT2D eigenvalue weighted by atomic mass is 9.91. The van der Waals surface area contributed by atoms with Crippen LogP contribution in [0.4, 0.5) is 27.6 Å². The second-order valence-electron chi connectivity index (χ2n) is 15.7. The van der Waals surface area contributed by atoms with Crippen LogP contribution in [0.15, 0.2) is 72.8 Å². The first-order valence-corrected chi connectivity index (χ1v) is 22.8. The molecule has 3 aromatic rings. The van der Waals surface area contributed by atoms with Gasteiger partial charge in [-0.1, -0.05) is 114 Å². The Kier molecular flexibility index (Phi) is 34.3. The van der Waals surface area contributed by atoms with E-state index in [-0.39, 0.29) is 11.6 Å². The highest BCUT2D eigenvalue weighted by Gasteiger charge is 2.40. The molecule has 0 aliphatic carbocycles. The zero-order valence-corrected chi connectivity index (χ0v) is 38.8. The summed E-state index contributed by atoms with van der Waals surface area (Å²) in [6, 6.07) is 21.2. The molecule has 1 heterocycles. The molecule has 1 saturated heterocycles. The fourth-order valence-corrected chi connectivity index (χ4v) is 6.53. The van der Waals surface area contributed by atoms with Gasteiger partial charge in [-0.25, -0.2) is 13.6 Å². The van der Waals surface area contributed by atoms with Gasteiger partial charge in [-0.3, -0.25) is 0 Å². The molecule has 352 valence electrons. The number of anilines is 1. The SMILES string of the molecule is CC.CCCCCCCCCCCC[NH+](C)CCCC=O.CNCCc1ccc(C)cc1.COC(=O)C(F)(F)F.OC(CCC1CN(c2ccc(F)cc2)C1)c1ccc(F)cc1. The average molecular weight is 881 g/mol. The number of esters is 1. The van der Waals surface area contributed by atoms with E-state index in [0.29, 0.717) is 19.4 Å². The minimum Gasteiger partial charge on any atom is -0.462 e. The van der Waals surface area contributed by atoms with Gasteiger partial charge in [-0.2, -0.15) is 13.2 Å². The molecule has 7 nitrogen and oxygen atoms in total. The van der Waals surface area contributed by atoms with E-state index in [0.717, 1.165) is 69.4 Å². The Hall–Kier alpha value is -3.87. The van der Waals surface area contributed by atoms with Gasteiger partial charge in [0.2, 0.25) is 0 Å². The number of alkyl halides is 3. The molecule has 4 rings (SSSR count). The van der Waals surface area contributed by atoms with E-state index >= 15 is 0 Å². The van der Waals surface area contributed by atoms with Gasteiger partial charge in [-0.15, -0.1) is 0 Å². The third-order valence-corrected chi connectivity index (χ3v) is 10.3. The van der Waals surface area contributed by atoms with Crippen molar-refractivity contribution in [1.82, 2.24) is 5.32 Å². The van der Waals surface area contributed by atoms with E-state index in [4.69, 9.17) is 0 Å². The van der Waals surface area contributed by atoms with E-state index < -0.39 is 18.2 Å². The van der Waals surface area contributed by atoms with Crippen molar-refractivity contribution >= 4 is 17.9 Å². The maximum Gasteiger partial charge on any atom is 0.490 e. The molecule has 1 fully saturated rings. The van der Waals surface area contributed by atoms with Gasteiger partial charge < -0.3 is 29.8 Å². The van der Waals surface area contributed by atoms with E-state index in [1.165, 1.54) is 106 Å². The molecule has 0 radical (unpaired) electrons. The van der Waals surface area contributed by atoms with Gasteiger partial charge in [0.25, 0.3) is 0 Å². The van der Waals surface area contributed by atoms with Crippen molar-refractivity contribution in [2.24, 2.45) is 5.92 Å². The Morgan fingerprint density at radius 2 is 1.34 bits per heavy atom. The number of ether oxygens (including phenoxy) is 1. The Balaban J connectivity index is 0.000000842. The Morgan fingerprint density at radius 1 is 0.839 bits per heavy atom. The zero-order valence-electron chi connectivity index (χ0n) is 38.8. The van der Waals surface area contributed by atoms with Crippen LogP contribution in [0.1, 0.15) is 133 Å². The van der Waals surface area contributed by atoms with Crippen LogP contribution in [0.5, 0.6) is 0 Å². The summed E-state index contributed by atoms with van der Waals surface area (Å²) in [5.41, 5.74) is 4.54. The third-order valence-electron chi connectivity index (χ3n) is 10.3. The maximum absolute atomic E-state index is 12.9. The lowest BCUT2D eigenvalue weighted by Gasteiger charge is -2.41. The molecule has 2 atom stereocenters. The minimum atomic E-state index is -4.85. The zero-order chi connectivity index (χ0) is 46.6. The summed E-state index contributed by atoms with van der Waals surface area (Å²) in [7, 11) is 4.91. The van der Waals surface area contributed by atoms with Gasteiger partial charge in [0.1, 0.15) is 17.9 Å². The van der Waals surface area contributed by atoms with Crippen LogP contribution in [0.25, 0.3) is 0 Å². The van der Waals surface area contributed by atoms with Crippen molar-refractivity contribution in [3.8, 4) is 0 Å². The van der Waals surface area contributed by atoms with E-state index in [2.05, 4.69) is 60.1 Å². The maximum atomic E-state index is 12.9. The number of aliphatic hydroxyl groups excluding tert-OH is 1. The van der Waals surface area contributed by atoms with Crippen molar-refractivity contribution < 1.29 is 46.3 Å². The number of hydrogen-bond acceptors (Lipinski definition) is 6. The van der Waals surface area contributed by atoms with Crippen molar-refractivity contribution in [2.45, 2.75) is 136 Å². The summed E-state index contributed by atoms with van der Waals surface area (Å²) < 4.78 is 62.0. The number of hydrogen-bond donors (Lipinski definition) is 3. The predicted molar refractivity (Wildman–Crippen MR) is 245 cm³/mol. The third kappa shape index (κ3) is 29.4. The number of nitrogens with one attached hydrogen (secondary N) is 2. The Bertz CT molecular complexity index is 1500. The summed E-state index contributed by atoms with van der Waals surface area (Å²) in [4.78, 5) is 23.5. The first kappa shape index (κ1) is 58.1. The van der Waals surface area contributed by atoms with Gasteiger partial charge in [0.05, 0.1) is 33.4 Å².